The quantitative estimate of drug-likeness (QED) is 0.540. The number of piperazine rings is 1. The van der Waals surface area contributed by atoms with Crippen molar-refractivity contribution in [3.05, 3.63) is 28.7 Å². The molecular formula is C20H33N5O5S. The average Bonchev–Trinajstić information content (AvgIpc) is 2.70. The van der Waals surface area contributed by atoms with Crippen LogP contribution < -0.4 is 10.9 Å². The van der Waals surface area contributed by atoms with Gasteiger partial charge in [-0.2, -0.15) is 4.31 Å². The number of nitrogens with one attached hydrogen (secondary N) is 1. The van der Waals surface area contributed by atoms with Crippen LogP contribution in [0.5, 0.6) is 0 Å². The predicted octanol–water partition coefficient (Wildman–Crippen LogP) is -0.452. The van der Waals surface area contributed by atoms with Crippen molar-refractivity contribution in [2.75, 3.05) is 45.8 Å². The van der Waals surface area contributed by atoms with Crippen LogP contribution in [0.15, 0.2) is 28.0 Å². The number of carbonyl (C=O) groups is 2. The van der Waals surface area contributed by atoms with Crippen molar-refractivity contribution in [1.29, 1.82) is 0 Å². The minimum absolute atomic E-state index is 0.00964. The Bertz CT molecular complexity index is 932. The highest BCUT2D eigenvalue weighted by molar-refractivity contribution is 7.89. The van der Waals surface area contributed by atoms with Gasteiger partial charge in [0.1, 0.15) is 6.54 Å². The lowest BCUT2D eigenvalue weighted by Crippen LogP contribution is -2.52. The van der Waals surface area contributed by atoms with E-state index in [0.29, 0.717) is 39.3 Å². The lowest BCUT2D eigenvalue weighted by atomic mass is 10.3. The molecule has 0 aliphatic carbocycles. The summed E-state index contributed by atoms with van der Waals surface area (Å²) in [6.45, 7) is 9.98. The Morgan fingerprint density at radius 1 is 1.06 bits per heavy atom. The third-order valence-electron chi connectivity index (χ3n) is 5.15. The molecule has 174 valence electrons. The molecule has 1 aliphatic rings. The van der Waals surface area contributed by atoms with E-state index in [1.165, 1.54) is 22.6 Å². The third kappa shape index (κ3) is 6.62. The number of hydrogen-bond donors (Lipinski definition) is 1. The van der Waals surface area contributed by atoms with Gasteiger partial charge in [0.25, 0.3) is 5.56 Å². The second-order valence-electron chi connectivity index (χ2n) is 7.80. The summed E-state index contributed by atoms with van der Waals surface area (Å²) in [5.41, 5.74) is -0.434. The van der Waals surface area contributed by atoms with Crippen molar-refractivity contribution >= 4 is 21.8 Å². The monoisotopic (exact) mass is 455 g/mol. The smallest absolute Gasteiger partial charge is 0.251 e. The van der Waals surface area contributed by atoms with Gasteiger partial charge in [-0.05, 0) is 19.9 Å². The first kappa shape index (κ1) is 25.0. The third-order valence-corrected chi connectivity index (χ3v) is 7.18. The van der Waals surface area contributed by atoms with E-state index in [1.54, 1.807) is 18.7 Å². The van der Waals surface area contributed by atoms with Crippen molar-refractivity contribution in [2.24, 2.45) is 0 Å². The molecule has 0 saturated carbocycles. The molecule has 0 atom stereocenters. The number of pyridine rings is 1. The van der Waals surface area contributed by atoms with E-state index in [-0.39, 0.29) is 35.8 Å². The van der Waals surface area contributed by atoms with E-state index in [2.05, 4.69) is 5.32 Å². The summed E-state index contributed by atoms with van der Waals surface area (Å²) in [6.07, 6.45) is 1.24. The van der Waals surface area contributed by atoms with Gasteiger partial charge in [0.15, 0.2) is 0 Å². The first-order valence-electron chi connectivity index (χ1n) is 10.6. The molecule has 1 aromatic heterocycles. The van der Waals surface area contributed by atoms with Crippen LogP contribution in [0.4, 0.5) is 0 Å². The van der Waals surface area contributed by atoms with E-state index in [4.69, 9.17) is 0 Å². The zero-order chi connectivity index (χ0) is 23.2. The summed E-state index contributed by atoms with van der Waals surface area (Å²) in [4.78, 5) is 40.4. The van der Waals surface area contributed by atoms with Crippen LogP contribution >= 0.6 is 0 Å². The first-order valence-corrected chi connectivity index (χ1v) is 12.0. The highest BCUT2D eigenvalue weighted by atomic mass is 32.2. The SMILES string of the molecule is CCN(CC)S(=O)(=O)c1ccc(=O)n(CC(=O)N2CCN(CC(=O)NC(C)C)CC2)c1. The van der Waals surface area contributed by atoms with Crippen molar-refractivity contribution in [3.63, 3.8) is 0 Å². The maximum Gasteiger partial charge on any atom is 0.251 e. The Balaban J connectivity index is 2.02. The Labute approximate surface area is 183 Å². The number of aromatic nitrogens is 1. The summed E-state index contributed by atoms with van der Waals surface area (Å²) < 4.78 is 27.9. The van der Waals surface area contributed by atoms with Gasteiger partial charge in [-0.1, -0.05) is 13.8 Å². The van der Waals surface area contributed by atoms with Crippen LogP contribution in [0.3, 0.4) is 0 Å². The van der Waals surface area contributed by atoms with Crippen molar-refractivity contribution in [1.82, 2.24) is 24.0 Å². The van der Waals surface area contributed by atoms with Gasteiger partial charge < -0.3 is 14.8 Å². The number of rotatable bonds is 9. The van der Waals surface area contributed by atoms with Crippen LogP contribution in [0.2, 0.25) is 0 Å². The topological polar surface area (TPSA) is 112 Å². The fourth-order valence-corrected chi connectivity index (χ4v) is 4.95. The zero-order valence-electron chi connectivity index (χ0n) is 18.7. The summed E-state index contributed by atoms with van der Waals surface area (Å²) >= 11 is 0. The molecule has 0 radical (unpaired) electrons. The van der Waals surface area contributed by atoms with Gasteiger partial charge >= 0.3 is 0 Å². The van der Waals surface area contributed by atoms with Crippen molar-refractivity contribution < 1.29 is 18.0 Å². The van der Waals surface area contributed by atoms with Crippen molar-refractivity contribution in [2.45, 2.75) is 45.2 Å². The Morgan fingerprint density at radius 3 is 2.23 bits per heavy atom. The molecule has 1 fully saturated rings. The van der Waals surface area contributed by atoms with E-state index in [0.717, 1.165) is 4.57 Å². The van der Waals surface area contributed by atoms with Crippen LogP contribution in [-0.4, -0.2) is 90.8 Å². The number of hydrogen-bond acceptors (Lipinski definition) is 6. The largest absolute Gasteiger partial charge is 0.353 e. The van der Waals surface area contributed by atoms with Gasteiger partial charge in [0.05, 0.1) is 11.4 Å². The molecule has 0 spiro atoms. The van der Waals surface area contributed by atoms with E-state index in [9.17, 15) is 22.8 Å². The minimum atomic E-state index is -3.72. The van der Waals surface area contributed by atoms with Gasteiger partial charge in [-0.25, -0.2) is 8.42 Å². The lowest BCUT2D eigenvalue weighted by molar-refractivity contribution is -0.134. The normalized spacial score (nSPS) is 15.5. The molecule has 0 bridgehead atoms. The standard InChI is InChI=1S/C20H33N5O5S/c1-5-25(6-2)31(29,30)17-7-8-19(27)24(13-17)15-20(28)23-11-9-22(10-12-23)14-18(26)21-16(3)4/h7-8,13,16H,5-6,9-12,14-15H2,1-4H3,(H,21,26). The molecule has 10 nitrogen and oxygen atoms in total. The van der Waals surface area contributed by atoms with E-state index < -0.39 is 15.6 Å². The van der Waals surface area contributed by atoms with Crippen molar-refractivity contribution in [3.8, 4) is 0 Å². The molecule has 11 heteroatoms. The summed E-state index contributed by atoms with van der Waals surface area (Å²) in [5, 5.41) is 2.84. The number of carbonyl (C=O) groups excluding carboxylic acids is 2. The Kier molecular flexibility index (Phi) is 8.78. The summed E-state index contributed by atoms with van der Waals surface area (Å²) in [7, 11) is -3.72. The molecule has 31 heavy (non-hydrogen) atoms. The second kappa shape index (κ2) is 10.9. The molecule has 1 aromatic rings. The molecule has 0 unspecified atom stereocenters. The van der Waals surface area contributed by atoms with E-state index in [1.807, 2.05) is 18.7 Å². The maximum absolute atomic E-state index is 12.7. The zero-order valence-corrected chi connectivity index (χ0v) is 19.5. The molecule has 1 aliphatic heterocycles. The fraction of sp³-hybridized carbons (Fsp3) is 0.650. The highest BCUT2D eigenvalue weighted by Crippen LogP contribution is 2.14. The van der Waals surface area contributed by atoms with Crippen LogP contribution in [-0.2, 0) is 26.2 Å². The maximum atomic E-state index is 12.7. The first-order chi connectivity index (χ1) is 14.6. The van der Waals surface area contributed by atoms with Gasteiger partial charge in [0, 0.05) is 57.6 Å². The average molecular weight is 456 g/mol. The number of nitrogens with zero attached hydrogens (tertiary/aromatic N) is 4. The number of amides is 2. The predicted molar refractivity (Wildman–Crippen MR) is 117 cm³/mol. The van der Waals surface area contributed by atoms with E-state index >= 15 is 0 Å². The molecule has 0 aromatic carbocycles. The molecule has 1 saturated heterocycles. The van der Waals surface area contributed by atoms with Crippen LogP contribution in [0.25, 0.3) is 0 Å². The van der Waals surface area contributed by atoms with Crippen LogP contribution in [0, 0.1) is 0 Å². The van der Waals surface area contributed by atoms with Crippen LogP contribution in [0.1, 0.15) is 27.7 Å². The molecule has 1 N–H and O–H groups in total. The van der Waals surface area contributed by atoms with Gasteiger partial charge in [-0.15, -0.1) is 0 Å². The molecule has 2 heterocycles. The lowest BCUT2D eigenvalue weighted by Gasteiger charge is -2.34. The number of sulfonamides is 1. The molecule has 2 rings (SSSR count). The fourth-order valence-electron chi connectivity index (χ4n) is 3.47. The van der Waals surface area contributed by atoms with Gasteiger partial charge in [-0.3, -0.25) is 19.3 Å². The molecule has 2 amide bonds. The minimum Gasteiger partial charge on any atom is -0.353 e. The Morgan fingerprint density at radius 2 is 1.68 bits per heavy atom. The molecular weight excluding hydrogens is 422 g/mol. The summed E-state index contributed by atoms with van der Waals surface area (Å²) in [6, 6.07) is 2.53. The van der Waals surface area contributed by atoms with Gasteiger partial charge in [0.2, 0.25) is 21.8 Å². The Hall–Kier alpha value is -2.24. The highest BCUT2D eigenvalue weighted by Gasteiger charge is 2.25. The summed E-state index contributed by atoms with van der Waals surface area (Å²) in [5.74, 6) is -0.307. The second-order valence-corrected chi connectivity index (χ2v) is 9.74.